The summed E-state index contributed by atoms with van der Waals surface area (Å²) in [7, 11) is 0. The molecule has 0 aromatic heterocycles. The molecule has 1 rings (SSSR count). The molecule has 0 aromatic rings. The molecule has 0 saturated heterocycles. The molecule has 1 aliphatic rings. The lowest BCUT2D eigenvalue weighted by atomic mass is 9.82. The molecule has 2 atom stereocenters. The van der Waals surface area contributed by atoms with Gasteiger partial charge in [0.15, 0.2) is 0 Å². The van der Waals surface area contributed by atoms with Gasteiger partial charge in [0.2, 0.25) is 5.60 Å². The zero-order chi connectivity index (χ0) is 6.91. The molecule has 1 saturated carbocycles. The van der Waals surface area contributed by atoms with Crippen molar-refractivity contribution in [3.63, 3.8) is 0 Å². The van der Waals surface area contributed by atoms with Crippen molar-refractivity contribution in [1.82, 2.24) is 0 Å². The topological polar surface area (TPSA) is 46.2 Å². The molecule has 2 nitrogen and oxygen atoms in total. The second-order valence-corrected chi connectivity index (χ2v) is 2.97. The molecule has 1 fully saturated rings. The first-order valence-electron chi connectivity index (χ1n) is 3.45. The summed E-state index contributed by atoms with van der Waals surface area (Å²) in [6.07, 6.45) is 4.97. The Morgan fingerprint density at radius 2 is 2.44 bits per heavy atom. The van der Waals surface area contributed by atoms with Crippen molar-refractivity contribution in [3.05, 3.63) is 6.42 Å². The summed E-state index contributed by atoms with van der Waals surface area (Å²) in [5, 5.41) is 9.46. The van der Waals surface area contributed by atoms with Gasteiger partial charge in [0.1, 0.15) is 6.42 Å². The molecular formula is C7H14NO+. The summed E-state index contributed by atoms with van der Waals surface area (Å²) >= 11 is 0. The lowest BCUT2D eigenvalue weighted by molar-refractivity contribution is 0.0459. The van der Waals surface area contributed by atoms with Crippen molar-refractivity contribution in [2.45, 2.75) is 37.8 Å². The Morgan fingerprint density at radius 1 is 1.78 bits per heavy atom. The van der Waals surface area contributed by atoms with E-state index in [2.05, 4.69) is 0 Å². The zero-order valence-electron chi connectivity index (χ0n) is 5.80. The Labute approximate surface area is 56.1 Å². The van der Waals surface area contributed by atoms with E-state index in [1.165, 1.54) is 0 Å². The van der Waals surface area contributed by atoms with Crippen molar-refractivity contribution in [3.8, 4) is 0 Å². The third kappa shape index (κ3) is 1.37. The summed E-state index contributed by atoms with van der Waals surface area (Å²) in [6.45, 7) is 1.77. The van der Waals surface area contributed by atoms with E-state index in [1.807, 2.05) is 6.42 Å². The third-order valence-corrected chi connectivity index (χ3v) is 2.03. The van der Waals surface area contributed by atoms with E-state index >= 15 is 0 Å². The zero-order valence-corrected chi connectivity index (χ0v) is 5.80. The van der Waals surface area contributed by atoms with E-state index in [9.17, 15) is 5.11 Å². The second-order valence-electron chi connectivity index (χ2n) is 2.97. The maximum Gasteiger partial charge on any atom is 0.216 e. The fraction of sp³-hybridized carbons (Fsp3) is 0.857. The van der Waals surface area contributed by atoms with Crippen molar-refractivity contribution in [2.24, 2.45) is 5.73 Å². The van der Waals surface area contributed by atoms with E-state index in [0.29, 0.717) is 0 Å². The minimum atomic E-state index is -0.710. The normalized spacial score (nSPS) is 44.1. The quantitative estimate of drug-likeness (QED) is 0.465. The number of nitrogens with two attached hydrogens (primary N) is 1. The lowest BCUT2D eigenvalue weighted by Crippen LogP contribution is -2.48. The first-order valence-corrected chi connectivity index (χ1v) is 3.45. The predicted molar refractivity (Wildman–Crippen MR) is 36.8 cm³/mol. The van der Waals surface area contributed by atoms with E-state index in [4.69, 9.17) is 5.73 Å². The van der Waals surface area contributed by atoms with Crippen LogP contribution in [0.1, 0.15) is 26.2 Å². The summed E-state index contributed by atoms with van der Waals surface area (Å²) in [5.41, 5.74) is 4.92. The molecule has 9 heavy (non-hydrogen) atoms. The molecule has 0 unspecified atom stereocenters. The van der Waals surface area contributed by atoms with Gasteiger partial charge in [-0.15, -0.1) is 0 Å². The fourth-order valence-corrected chi connectivity index (χ4v) is 1.18. The predicted octanol–water partition coefficient (Wildman–Crippen LogP) is 0.453. The van der Waals surface area contributed by atoms with Crippen LogP contribution in [0.4, 0.5) is 0 Å². The van der Waals surface area contributed by atoms with Crippen molar-refractivity contribution in [2.75, 3.05) is 0 Å². The minimum Gasteiger partial charge on any atom is -0.350 e. The van der Waals surface area contributed by atoms with Crippen LogP contribution >= 0.6 is 0 Å². The second kappa shape index (κ2) is 2.20. The Kier molecular flexibility index (Phi) is 1.68. The first-order chi connectivity index (χ1) is 4.13. The average molecular weight is 128 g/mol. The Bertz CT molecular complexity index is 101. The first kappa shape index (κ1) is 6.90. The summed E-state index contributed by atoms with van der Waals surface area (Å²) < 4.78 is 0. The highest BCUT2D eigenvalue weighted by molar-refractivity contribution is 5.00. The minimum absolute atomic E-state index is 0.0498. The third-order valence-electron chi connectivity index (χ3n) is 2.03. The monoisotopic (exact) mass is 128 g/mol. The molecule has 0 radical (unpaired) electrons. The summed E-state index contributed by atoms with van der Waals surface area (Å²) in [6, 6.07) is -0.0498. The lowest BCUT2D eigenvalue weighted by Gasteiger charge is -2.26. The maximum atomic E-state index is 9.46. The van der Waals surface area contributed by atoms with E-state index in [1.54, 1.807) is 6.92 Å². The van der Waals surface area contributed by atoms with Crippen LogP contribution in [-0.4, -0.2) is 16.7 Å². The Morgan fingerprint density at radius 3 is 2.78 bits per heavy atom. The molecule has 0 spiro atoms. The van der Waals surface area contributed by atoms with Gasteiger partial charge in [0, 0.05) is 6.92 Å². The van der Waals surface area contributed by atoms with Crippen LogP contribution in [0.2, 0.25) is 0 Å². The standard InChI is InChI=1S/C7H14NO/c1-7(9)5-3-2-4-6(7)8/h5-6,9H,2-4,8H2,1H3/q+1/t6-,7-/m0/s1. The van der Waals surface area contributed by atoms with Crippen LogP contribution < -0.4 is 5.73 Å². The number of hydrogen-bond acceptors (Lipinski definition) is 2. The molecule has 1 aliphatic carbocycles. The summed E-state index contributed by atoms with van der Waals surface area (Å²) in [4.78, 5) is 0. The van der Waals surface area contributed by atoms with Crippen molar-refractivity contribution in [1.29, 1.82) is 0 Å². The molecule has 0 amide bonds. The average Bonchev–Trinajstić information content (AvgIpc) is 1.77. The molecule has 0 aliphatic heterocycles. The van der Waals surface area contributed by atoms with Gasteiger partial charge in [0.05, 0.1) is 12.5 Å². The number of hydrogen-bond donors (Lipinski definition) is 2. The van der Waals surface area contributed by atoms with Gasteiger partial charge in [-0.3, -0.25) is 0 Å². The van der Waals surface area contributed by atoms with Crippen molar-refractivity contribution < 1.29 is 5.11 Å². The van der Waals surface area contributed by atoms with Gasteiger partial charge in [-0.1, -0.05) is 0 Å². The highest BCUT2D eigenvalue weighted by Gasteiger charge is 2.39. The molecule has 0 heterocycles. The maximum absolute atomic E-state index is 9.46. The largest absolute Gasteiger partial charge is 0.350 e. The fourth-order valence-electron chi connectivity index (χ4n) is 1.18. The number of aliphatic hydroxyl groups is 1. The van der Waals surface area contributed by atoms with E-state index in [0.717, 1.165) is 19.3 Å². The Hall–Kier alpha value is -0.210. The smallest absolute Gasteiger partial charge is 0.216 e. The van der Waals surface area contributed by atoms with Gasteiger partial charge >= 0.3 is 0 Å². The van der Waals surface area contributed by atoms with Gasteiger partial charge in [0.25, 0.3) is 0 Å². The van der Waals surface area contributed by atoms with Crippen LogP contribution in [-0.2, 0) is 0 Å². The van der Waals surface area contributed by atoms with Crippen LogP contribution in [0.25, 0.3) is 0 Å². The van der Waals surface area contributed by atoms with Crippen LogP contribution in [0.15, 0.2) is 0 Å². The van der Waals surface area contributed by atoms with Gasteiger partial charge < -0.3 is 10.8 Å². The molecule has 52 valence electrons. The SMILES string of the molecule is C[C@]1(O)[CH+]CCC[C@@H]1N. The molecule has 3 N–H and O–H groups in total. The molecule has 2 heteroatoms. The number of rotatable bonds is 0. The van der Waals surface area contributed by atoms with Gasteiger partial charge in [-0.05, 0) is 12.8 Å². The van der Waals surface area contributed by atoms with Gasteiger partial charge in [-0.25, -0.2) is 0 Å². The summed E-state index contributed by atoms with van der Waals surface area (Å²) in [5.74, 6) is 0. The molecule has 0 bridgehead atoms. The molecule has 0 aromatic carbocycles. The van der Waals surface area contributed by atoms with Gasteiger partial charge in [-0.2, -0.15) is 0 Å². The van der Waals surface area contributed by atoms with Crippen LogP contribution in [0, 0.1) is 6.42 Å². The highest BCUT2D eigenvalue weighted by atomic mass is 16.3. The van der Waals surface area contributed by atoms with E-state index < -0.39 is 5.60 Å². The molecular weight excluding hydrogens is 114 g/mol. The van der Waals surface area contributed by atoms with Crippen LogP contribution in [0.3, 0.4) is 0 Å². The van der Waals surface area contributed by atoms with E-state index in [-0.39, 0.29) is 6.04 Å². The van der Waals surface area contributed by atoms with Crippen LogP contribution in [0.5, 0.6) is 0 Å². The Balaban J connectivity index is 2.49. The van der Waals surface area contributed by atoms with Crippen molar-refractivity contribution >= 4 is 0 Å². The highest BCUT2D eigenvalue weighted by Crippen LogP contribution is 2.24.